The van der Waals surface area contributed by atoms with E-state index in [-0.39, 0.29) is 0 Å². The van der Waals surface area contributed by atoms with Gasteiger partial charge in [0, 0.05) is 19.6 Å². The fraction of sp³-hybridized carbons (Fsp3) is 0.267. The summed E-state index contributed by atoms with van der Waals surface area (Å²) in [6.45, 7) is 6.31. The SMILES string of the molecule is Cc1nnc2n(CCCN3CCC(=C(c4ccccc4)c4ccccc4)CC3)c3ccccc3n12. The van der Waals surface area contributed by atoms with Crippen LogP contribution in [0.4, 0.5) is 0 Å². The van der Waals surface area contributed by atoms with Crippen LogP contribution in [0.25, 0.3) is 22.4 Å². The molecule has 0 radical (unpaired) electrons. The molecular formula is C30H31N5. The summed E-state index contributed by atoms with van der Waals surface area (Å²) < 4.78 is 4.50. The number of fused-ring (bicyclic) bond motifs is 3. The molecule has 2 aromatic heterocycles. The molecule has 5 heteroatoms. The van der Waals surface area contributed by atoms with E-state index in [2.05, 4.69) is 109 Å². The first-order valence-corrected chi connectivity index (χ1v) is 12.6. The van der Waals surface area contributed by atoms with Gasteiger partial charge in [0.2, 0.25) is 5.78 Å². The van der Waals surface area contributed by atoms with Crippen molar-refractivity contribution in [1.29, 1.82) is 0 Å². The molecule has 5 nitrogen and oxygen atoms in total. The maximum absolute atomic E-state index is 4.46. The van der Waals surface area contributed by atoms with Crippen molar-refractivity contribution < 1.29 is 0 Å². The van der Waals surface area contributed by atoms with Crippen molar-refractivity contribution in [1.82, 2.24) is 24.1 Å². The van der Waals surface area contributed by atoms with Crippen LogP contribution in [0, 0.1) is 6.92 Å². The fourth-order valence-corrected chi connectivity index (χ4v) is 5.55. The van der Waals surface area contributed by atoms with Crippen LogP contribution in [0.1, 0.15) is 36.2 Å². The zero-order valence-corrected chi connectivity index (χ0v) is 20.3. The Labute approximate surface area is 206 Å². The molecule has 1 aliphatic rings. The second-order valence-corrected chi connectivity index (χ2v) is 9.43. The summed E-state index contributed by atoms with van der Waals surface area (Å²) >= 11 is 0. The zero-order valence-electron chi connectivity index (χ0n) is 20.3. The summed E-state index contributed by atoms with van der Waals surface area (Å²) in [5.74, 6) is 1.89. The highest BCUT2D eigenvalue weighted by Crippen LogP contribution is 2.32. The Hall–Kier alpha value is -3.70. The van der Waals surface area contributed by atoms with Crippen molar-refractivity contribution in [2.75, 3.05) is 19.6 Å². The van der Waals surface area contributed by atoms with E-state index in [0.717, 1.165) is 57.0 Å². The lowest BCUT2D eigenvalue weighted by Crippen LogP contribution is -2.32. The first-order valence-electron chi connectivity index (χ1n) is 12.6. The summed E-state index contributed by atoms with van der Waals surface area (Å²) in [5, 5.41) is 8.78. The number of piperidine rings is 1. The van der Waals surface area contributed by atoms with Gasteiger partial charge in [-0.3, -0.25) is 4.40 Å². The Morgan fingerprint density at radius 3 is 1.97 bits per heavy atom. The van der Waals surface area contributed by atoms with Gasteiger partial charge in [0.25, 0.3) is 0 Å². The maximum atomic E-state index is 4.46. The molecule has 0 spiro atoms. The van der Waals surface area contributed by atoms with Gasteiger partial charge in [-0.2, -0.15) is 0 Å². The molecule has 0 N–H and O–H groups in total. The molecule has 0 amide bonds. The van der Waals surface area contributed by atoms with Crippen molar-refractivity contribution in [3.63, 3.8) is 0 Å². The smallest absolute Gasteiger partial charge is 0.236 e. The Morgan fingerprint density at radius 2 is 1.31 bits per heavy atom. The van der Waals surface area contributed by atoms with Crippen molar-refractivity contribution in [2.24, 2.45) is 0 Å². The van der Waals surface area contributed by atoms with Crippen LogP contribution >= 0.6 is 0 Å². The molecule has 35 heavy (non-hydrogen) atoms. The number of rotatable bonds is 6. The van der Waals surface area contributed by atoms with Crippen molar-refractivity contribution in [3.05, 3.63) is 107 Å². The predicted octanol–water partition coefficient (Wildman–Crippen LogP) is 5.98. The Kier molecular flexibility index (Phi) is 5.93. The minimum atomic E-state index is 0.943. The Bertz CT molecular complexity index is 1430. The molecule has 1 fully saturated rings. The van der Waals surface area contributed by atoms with Crippen LogP contribution in [-0.4, -0.2) is 43.7 Å². The number of likely N-dealkylation sites (tertiary alicyclic amines) is 1. The van der Waals surface area contributed by atoms with Crippen LogP contribution in [0.2, 0.25) is 0 Å². The number of aryl methyl sites for hydroxylation is 2. The van der Waals surface area contributed by atoms with Crippen LogP contribution in [0.15, 0.2) is 90.5 Å². The Morgan fingerprint density at radius 1 is 0.714 bits per heavy atom. The molecule has 0 saturated carbocycles. The molecule has 176 valence electrons. The van der Waals surface area contributed by atoms with Gasteiger partial charge < -0.3 is 9.47 Å². The lowest BCUT2D eigenvalue weighted by Gasteiger charge is -2.30. The molecule has 0 atom stereocenters. The summed E-state index contributed by atoms with van der Waals surface area (Å²) in [6.07, 6.45) is 3.35. The number of nitrogens with zero attached hydrogens (tertiary/aromatic N) is 5. The van der Waals surface area contributed by atoms with Gasteiger partial charge in [-0.1, -0.05) is 78.4 Å². The quantitative estimate of drug-likeness (QED) is 0.312. The first kappa shape index (κ1) is 21.8. The van der Waals surface area contributed by atoms with Gasteiger partial charge in [0.05, 0.1) is 11.0 Å². The van der Waals surface area contributed by atoms with E-state index < -0.39 is 0 Å². The minimum Gasteiger partial charge on any atom is -0.308 e. The zero-order chi connectivity index (χ0) is 23.6. The van der Waals surface area contributed by atoms with E-state index in [9.17, 15) is 0 Å². The third-order valence-electron chi connectivity index (χ3n) is 7.26. The monoisotopic (exact) mass is 461 g/mol. The lowest BCUT2D eigenvalue weighted by atomic mass is 9.88. The minimum absolute atomic E-state index is 0.943. The number of hydrogen-bond donors (Lipinski definition) is 0. The molecule has 0 bridgehead atoms. The van der Waals surface area contributed by atoms with E-state index in [1.165, 1.54) is 27.7 Å². The van der Waals surface area contributed by atoms with E-state index in [1.54, 1.807) is 5.57 Å². The average molecular weight is 462 g/mol. The number of aromatic nitrogens is 4. The third-order valence-corrected chi connectivity index (χ3v) is 7.26. The molecule has 3 heterocycles. The maximum Gasteiger partial charge on any atom is 0.236 e. The Balaban J connectivity index is 1.16. The number of benzene rings is 3. The number of imidazole rings is 1. The van der Waals surface area contributed by atoms with E-state index >= 15 is 0 Å². The summed E-state index contributed by atoms with van der Waals surface area (Å²) in [4.78, 5) is 2.62. The van der Waals surface area contributed by atoms with Crippen LogP contribution in [-0.2, 0) is 6.54 Å². The standard InChI is InChI=1S/C30H31N5/c1-23-31-32-30-34(27-15-8-9-16-28(27)35(23)30)20-10-19-33-21-17-26(18-22-33)29(24-11-4-2-5-12-24)25-13-6-3-7-14-25/h2-9,11-16H,10,17-22H2,1H3. The molecule has 0 unspecified atom stereocenters. The second kappa shape index (κ2) is 9.51. The number of hydrogen-bond acceptors (Lipinski definition) is 3. The van der Waals surface area contributed by atoms with Gasteiger partial charge in [0.15, 0.2) is 0 Å². The predicted molar refractivity (Wildman–Crippen MR) is 142 cm³/mol. The summed E-state index contributed by atoms with van der Waals surface area (Å²) in [7, 11) is 0. The topological polar surface area (TPSA) is 38.4 Å². The molecule has 0 aliphatic carbocycles. The van der Waals surface area contributed by atoms with Gasteiger partial charge >= 0.3 is 0 Å². The van der Waals surface area contributed by atoms with Gasteiger partial charge in [0.1, 0.15) is 5.82 Å². The normalized spacial score (nSPS) is 14.7. The van der Waals surface area contributed by atoms with Crippen molar-refractivity contribution in [2.45, 2.75) is 32.7 Å². The highest BCUT2D eigenvalue weighted by molar-refractivity contribution is 5.82. The largest absolute Gasteiger partial charge is 0.308 e. The first-order chi connectivity index (χ1) is 17.3. The molecule has 6 rings (SSSR count). The summed E-state index contributed by atoms with van der Waals surface area (Å²) in [5.41, 5.74) is 8.08. The highest BCUT2D eigenvalue weighted by Gasteiger charge is 2.19. The third kappa shape index (κ3) is 4.17. The van der Waals surface area contributed by atoms with Crippen LogP contribution < -0.4 is 0 Å². The van der Waals surface area contributed by atoms with Gasteiger partial charge in [-0.25, -0.2) is 0 Å². The molecule has 1 saturated heterocycles. The lowest BCUT2D eigenvalue weighted by molar-refractivity contribution is 0.250. The van der Waals surface area contributed by atoms with Crippen LogP contribution in [0.3, 0.4) is 0 Å². The van der Waals surface area contributed by atoms with Crippen LogP contribution in [0.5, 0.6) is 0 Å². The van der Waals surface area contributed by atoms with E-state index in [0.29, 0.717) is 0 Å². The highest BCUT2D eigenvalue weighted by atomic mass is 15.3. The van der Waals surface area contributed by atoms with E-state index in [1.807, 2.05) is 6.92 Å². The van der Waals surface area contributed by atoms with Crippen molar-refractivity contribution in [3.8, 4) is 0 Å². The van der Waals surface area contributed by atoms with Crippen molar-refractivity contribution >= 4 is 22.4 Å². The molecular weight excluding hydrogens is 430 g/mol. The van der Waals surface area contributed by atoms with E-state index in [4.69, 9.17) is 0 Å². The second-order valence-electron chi connectivity index (χ2n) is 9.43. The molecule has 1 aliphatic heterocycles. The fourth-order valence-electron chi connectivity index (χ4n) is 5.55. The molecule has 3 aromatic carbocycles. The van der Waals surface area contributed by atoms with Gasteiger partial charge in [-0.15, -0.1) is 10.2 Å². The molecule has 5 aromatic rings. The number of para-hydroxylation sites is 2. The van der Waals surface area contributed by atoms with Gasteiger partial charge in [-0.05, 0) is 61.6 Å². The average Bonchev–Trinajstić information content (AvgIpc) is 3.44. The summed E-state index contributed by atoms with van der Waals surface area (Å²) in [6, 6.07) is 30.3.